The summed E-state index contributed by atoms with van der Waals surface area (Å²) in [4.78, 5) is 23.7. The fourth-order valence-electron chi connectivity index (χ4n) is 1.67. The van der Waals surface area contributed by atoms with Gasteiger partial charge >= 0.3 is 5.69 Å². The highest BCUT2D eigenvalue weighted by Crippen LogP contribution is 2.32. The van der Waals surface area contributed by atoms with Crippen LogP contribution in [0.4, 0.5) is 0 Å². The summed E-state index contributed by atoms with van der Waals surface area (Å²) in [6.07, 6.45) is 1.86. The van der Waals surface area contributed by atoms with Crippen molar-refractivity contribution in [2.45, 2.75) is 31.5 Å². The van der Waals surface area contributed by atoms with E-state index in [4.69, 9.17) is 23.2 Å². The van der Waals surface area contributed by atoms with E-state index in [2.05, 4.69) is 10.2 Å². The quantitative estimate of drug-likeness (QED) is 0.599. The fourth-order valence-corrected chi connectivity index (χ4v) is 4.02. The number of nitrogens with one attached hydrogen (secondary N) is 1. The molecule has 0 amide bonds. The van der Waals surface area contributed by atoms with E-state index in [0.29, 0.717) is 25.9 Å². The number of ketones is 1. The summed E-state index contributed by atoms with van der Waals surface area (Å²) in [5, 5.41) is 6.86. The van der Waals surface area contributed by atoms with E-state index in [1.807, 2.05) is 6.92 Å². The van der Waals surface area contributed by atoms with Gasteiger partial charge in [0.05, 0.1) is 10.1 Å². The van der Waals surface area contributed by atoms with Gasteiger partial charge in [0.1, 0.15) is 4.34 Å². The van der Waals surface area contributed by atoms with Gasteiger partial charge in [-0.2, -0.15) is 0 Å². The summed E-state index contributed by atoms with van der Waals surface area (Å²) >= 11 is 14.2. The summed E-state index contributed by atoms with van der Waals surface area (Å²) in [7, 11) is 0. The van der Waals surface area contributed by atoms with Gasteiger partial charge in [0, 0.05) is 12.1 Å². The number of unbranched alkanes of at least 4 members (excludes halogenated alkanes) is 1. The average Bonchev–Trinajstić information content (AvgIpc) is 2.96. The van der Waals surface area contributed by atoms with Crippen molar-refractivity contribution in [1.29, 1.82) is 0 Å². The number of hydrogen-bond donors (Lipinski definition) is 1. The molecular formula is C12H13Cl2N3O2S2. The third-order valence-corrected chi connectivity index (χ3v) is 5.21. The first-order valence-corrected chi connectivity index (χ1v) is 8.84. The Morgan fingerprint density at radius 2 is 2.29 bits per heavy atom. The number of aromatic amines is 1. The van der Waals surface area contributed by atoms with Gasteiger partial charge in [-0.05, 0) is 12.5 Å². The predicted molar refractivity (Wildman–Crippen MR) is 87.1 cm³/mol. The maximum absolute atomic E-state index is 12.1. The van der Waals surface area contributed by atoms with Crippen LogP contribution in [0.1, 0.15) is 30.1 Å². The lowest BCUT2D eigenvalue weighted by Gasteiger charge is -2.03. The van der Waals surface area contributed by atoms with Crippen LogP contribution in [0.5, 0.6) is 0 Å². The van der Waals surface area contributed by atoms with Gasteiger partial charge in [0.2, 0.25) is 0 Å². The van der Waals surface area contributed by atoms with Crippen molar-refractivity contribution in [3.8, 4) is 0 Å². The van der Waals surface area contributed by atoms with Crippen LogP contribution < -0.4 is 5.69 Å². The molecule has 0 saturated carbocycles. The Bertz CT molecular complexity index is 693. The Morgan fingerprint density at radius 3 is 2.90 bits per heavy atom. The largest absolute Gasteiger partial charge is 0.343 e. The molecule has 0 aliphatic rings. The first-order valence-electron chi connectivity index (χ1n) is 6.29. The number of carbonyl (C=O) groups excluding carboxylic acids is 1. The lowest BCUT2D eigenvalue weighted by atomic mass is 10.2. The number of thioether (sulfide) groups is 1. The molecule has 2 aromatic heterocycles. The van der Waals surface area contributed by atoms with E-state index in [9.17, 15) is 9.59 Å². The van der Waals surface area contributed by atoms with Crippen molar-refractivity contribution in [3.05, 3.63) is 30.8 Å². The highest BCUT2D eigenvalue weighted by Gasteiger charge is 2.16. The molecule has 2 rings (SSSR count). The zero-order valence-corrected chi connectivity index (χ0v) is 14.3. The van der Waals surface area contributed by atoms with Crippen LogP contribution in [-0.2, 0) is 6.54 Å². The maximum atomic E-state index is 12.1. The second-order valence-electron chi connectivity index (χ2n) is 4.27. The van der Waals surface area contributed by atoms with Crippen molar-refractivity contribution >= 4 is 52.1 Å². The molecule has 0 unspecified atom stereocenters. The predicted octanol–water partition coefficient (Wildman–Crippen LogP) is 3.71. The van der Waals surface area contributed by atoms with Gasteiger partial charge < -0.3 is 0 Å². The van der Waals surface area contributed by atoms with Gasteiger partial charge in [-0.25, -0.2) is 9.89 Å². The van der Waals surface area contributed by atoms with Gasteiger partial charge in [0.15, 0.2) is 10.9 Å². The lowest BCUT2D eigenvalue weighted by Crippen LogP contribution is -2.18. The summed E-state index contributed by atoms with van der Waals surface area (Å²) in [6, 6.07) is 1.56. The minimum Gasteiger partial charge on any atom is -0.293 e. The number of thiophene rings is 1. The van der Waals surface area contributed by atoms with Gasteiger partial charge in [0.25, 0.3) is 0 Å². The molecule has 2 aromatic rings. The van der Waals surface area contributed by atoms with Crippen LogP contribution in [0.2, 0.25) is 8.67 Å². The normalized spacial score (nSPS) is 11.0. The molecule has 0 atom stereocenters. The van der Waals surface area contributed by atoms with E-state index >= 15 is 0 Å². The first kappa shape index (κ1) is 16.6. The van der Waals surface area contributed by atoms with Crippen molar-refractivity contribution in [1.82, 2.24) is 14.8 Å². The SMILES string of the molecule is CCCCn1c(SCC(=O)c2cc(Cl)sc2Cl)n[nH]c1=O. The van der Waals surface area contributed by atoms with Gasteiger partial charge in [-0.3, -0.25) is 9.36 Å². The van der Waals surface area contributed by atoms with Crippen LogP contribution >= 0.6 is 46.3 Å². The molecule has 0 aliphatic heterocycles. The monoisotopic (exact) mass is 365 g/mol. The van der Waals surface area contributed by atoms with Crippen molar-refractivity contribution in [2.75, 3.05) is 5.75 Å². The van der Waals surface area contributed by atoms with Gasteiger partial charge in [-0.15, -0.1) is 16.4 Å². The summed E-state index contributed by atoms with van der Waals surface area (Å²) in [5.74, 6) is 0.0223. The van der Waals surface area contributed by atoms with Gasteiger partial charge in [-0.1, -0.05) is 48.3 Å². The number of hydrogen-bond acceptors (Lipinski definition) is 5. The Kier molecular flexibility index (Phi) is 5.92. The standard InChI is InChI=1S/C12H13Cl2N3O2S2/c1-2-3-4-17-11(19)15-16-12(17)20-6-8(18)7-5-9(13)21-10(7)14/h5H,2-4,6H2,1H3,(H,15,19). The molecule has 5 nitrogen and oxygen atoms in total. The van der Waals surface area contributed by atoms with E-state index < -0.39 is 0 Å². The highest BCUT2D eigenvalue weighted by molar-refractivity contribution is 7.99. The summed E-state index contributed by atoms with van der Waals surface area (Å²) < 4.78 is 2.41. The van der Waals surface area contributed by atoms with E-state index in [-0.39, 0.29) is 17.2 Å². The molecule has 0 radical (unpaired) electrons. The molecule has 0 aromatic carbocycles. The molecule has 21 heavy (non-hydrogen) atoms. The number of halogens is 2. The topological polar surface area (TPSA) is 67.8 Å². The van der Waals surface area contributed by atoms with Crippen molar-refractivity contribution in [3.63, 3.8) is 0 Å². The molecule has 9 heteroatoms. The fraction of sp³-hybridized carbons (Fsp3) is 0.417. The number of aromatic nitrogens is 3. The first-order chi connectivity index (χ1) is 10.0. The minimum absolute atomic E-state index is 0.134. The Hall–Kier alpha value is -0.760. The number of rotatable bonds is 7. The van der Waals surface area contributed by atoms with E-state index in [1.54, 1.807) is 10.6 Å². The molecule has 2 heterocycles. The van der Waals surface area contributed by atoms with Crippen LogP contribution in [-0.4, -0.2) is 26.3 Å². The summed E-state index contributed by atoms with van der Waals surface area (Å²) in [5.41, 5.74) is 0.159. The number of nitrogens with zero attached hydrogens (tertiary/aromatic N) is 2. The lowest BCUT2D eigenvalue weighted by molar-refractivity contribution is 0.102. The second-order valence-corrected chi connectivity index (χ2v) is 7.49. The molecule has 0 fully saturated rings. The smallest absolute Gasteiger partial charge is 0.293 e. The van der Waals surface area contributed by atoms with Crippen LogP contribution in [0, 0.1) is 0 Å². The van der Waals surface area contributed by atoms with E-state index in [1.165, 1.54) is 11.8 Å². The zero-order chi connectivity index (χ0) is 15.4. The summed E-state index contributed by atoms with van der Waals surface area (Å²) in [6.45, 7) is 2.64. The number of Topliss-reactive ketones (excluding diaryl/α,β-unsaturated/α-hetero) is 1. The Labute approximate surface area is 139 Å². The number of carbonyl (C=O) groups is 1. The highest BCUT2D eigenvalue weighted by atomic mass is 35.5. The Morgan fingerprint density at radius 1 is 1.52 bits per heavy atom. The molecule has 0 saturated heterocycles. The number of H-pyrrole nitrogens is 1. The van der Waals surface area contributed by atoms with Crippen LogP contribution in [0.3, 0.4) is 0 Å². The zero-order valence-electron chi connectivity index (χ0n) is 11.2. The third kappa shape index (κ3) is 4.12. The average molecular weight is 366 g/mol. The van der Waals surface area contributed by atoms with Crippen molar-refractivity contribution in [2.24, 2.45) is 0 Å². The van der Waals surface area contributed by atoms with Crippen LogP contribution in [0.15, 0.2) is 16.0 Å². The molecule has 0 aliphatic carbocycles. The molecule has 0 bridgehead atoms. The van der Waals surface area contributed by atoms with Crippen molar-refractivity contribution < 1.29 is 4.79 Å². The molecule has 1 N–H and O–H groups in total. The van der Waals surface area contributed by atoms with E-state index in [0.717, 1.165) is 24.2 Å². The second kappa shape index (κ2) is 7.49. The maximum Gasteiger partial charge on any atom is 0.343 e. The third-order valence-electron chi connectivity index (χ3n) is 2.75. The van der Waals surface area contributed by atoms with Crippen LogP contribution in [0.25, 0.3) is 0 Å². The minimum atomic E-state index is -0.255. The Balaban J connectivity index is 2.05. The molecule has 114 valence electrons. The molecular weight excluding hydrogens is 353 g/mol. The molecule has 0 spiro atoms.